The molecule has 6 nitrogen and oxygen atoms in total. The Hall–Kier alpha value is -2.15. The Morgan fingerprint density at radius 3 is 2.86 bits per heavy atom. The summed E-state index contributed by atoms with van der Waals surface area (Å²) in [6.45, 7) is 0.621. The van der Waals surface area contributed by atoms with Crippen LogP contribution in [0.1, 0.15) is 12.0 Å². The van der Waals surface area contributed by atoms with Gasteiger partial charge in [0.05, 0.1) is 0 Å². The van der Waals surface area contributed by atoms with Gasteiger partial charge in [0, 0.05) is 30.9 Å². The van der Waals surface area contributed by atoms with E-state index in [9.17, 15) is 13.2 Å². The maximum atomic E-state index is 12.6. The van der Waals surface area contributed by atoms with E-state index in [-0.39, 0.29) is 17.6 Å². The van der Waals surface area contributed by atoms with Gasteiger partial charge in [-0.2, -0.15) is 0 Å². The van der Waals surface area contributed by atoms with E-state index in [1.165, 1.54) is 17.0 Å². The molecule has 0 unspecified atom stereocenters. The number of para-hydroxylation sites is 1. The van der Waals surface area contributed by atoms with Crippen molar-refractivity contribution in [2.45, 2.75) is 24.5 Å². The highest BCUT2D eigenvalue weighted by molar-refractivity contribution is 7.90. The molecule has 3 rings (SSSR count). The van der Waals surface area contributed by atoms with Gasteiger partial charge in [-0.15, -0.1) is 0 Å². The average Bonchev–Trinajstić information content (AvgIpc) is 2.95. The summed E-state index contributed by atoms with van der Waals surface area (Å²) in [6, 6.07) is 7.82. The van der Waals surface area contributed by atoms with Crippen molar-refractivity contribution in [3.8, 4) is 0 Å². The van der Waals surface area contributed by atoms with Crippen LogP contribution in [0.3, 0.4) is 0 Å². The molecule has 1 amide bonds. The van der Waals surface area contributed by atoms with Crippen LogP contribution in [-0.2, 0) is 27.6 Å². The topological polar surface area (TPSA) is 72.3 Å². The van der Waals surface area contributed by atoms with E-state index in [0.717, 1.165) is 30.3 Å². The molecular weight excluding hydrogens is 302 g/mol. The lowest BCUT2D eigenvalue weighted by molar-refractivity contribution is -0.119. The molecule has 0 fully saturated rings. The molecule has 1 aromatic carbocycles. The molecule has 2 aromatic rings. The van der Waals surface area contributed by atoms with Crippen LogP contribution in [0.2, 0.25) is 0 Å². The Kier molecular flexibility index (Phi) is 3.74. The zero-order valence-corrected chi connectivity index (χ0v) is 13.1. The fourth-order valence-corrected chi connectivity index (χ4v) is 3.57. The van der Waals surface area contributed by atoms with E-state index in [2.05, 4.69) is 4.98 Å². The number of nitrogens with zero attached hydrogens (tertiary/aromatic N) is 3. The first-order valence-corrected chi connectivity index (χ1v) is 8.95. The van der Waals surface area contributed by atoms with Gasteiger partial charge in [-0.05, 0) is 24.5 Å². The van der Waals surface area contributed by atoms with Crippen molar-refractivity contribution in [3.63, 3.8) is 0 Å². The quantitative estimate of drug-likeness (QED) is 0.854. The number of rotatable bonds is 3. The van der Waals surface area contributed by atoms with Gasteiger partial charge in [0.1, 0.15) is 6.54 Å². The van der Waals surface area contributed by atoms with Gasteiger partial charge in [0.25, 0.3) is 0 Å². The maximum absolute atomic E-state index is 12.6. The molecule has 2 heterocycles. The number of hydrogen-bond acceptors (Lipinski definition) is 4. The van der Waals surface area contributed by atoms with Gasteiger partial charge in [-0.3, -0.25) is 4.79 Å². The molecule has 1 aromatic heterocycles. The van der Waals surface area contributed by atoms with Crippen molar-refractivity contribution in [2.24, 2.45) is 0 Å². The molecule has 0 N–H and O–H groups in total. The van der Waals surface area contributed by atoms with Crippen molar-refractivity contribution in [3.05, 3.63) is 42.2 Å². The number of hydrogen-bond donors (Lipinski definition) is 0. The van der Waals surface area contributed by atoms with Crippen molar-refractivity contribution < 1.29 is 13.2 Å². The normalized spacial score (nSPS) is 14.7. The molecule has 1 aliphatic heterocycles. The summed E-state index contributed by atoms with van der Waals surface area (Å²) < 4.78 is 24.7. The number of amides is 1. The smallest absolute Gasteiger partial charge is 0.247 e. The predicted molar refractivity (Wildman–Crippen MR) is 82.5 cm³/mol. The zero-order valence-electron chi connectivity index (χ0n) is 12.3. The summed E-state index contributed by atoms with van der Waals surface area (Å²) in [6.07, 6.45) is 5.87. The monoisotopic (exact) mass is 319 g/mol. The Morgan fingerprint density at radius 2 is 2.09 bits per heavy atom. The van der Waals surface area contributed by atoms with Crippen molar-refractivity contribution in [1.29, 1.82) is 0 Å². The Bertz CT molecular complexity index is 811. The lowest BCUT2D eigenvalue weighted by Gasteiger charge is -2.29. The molecular formula is C15H17N3O3S. The van der Waals surface area contributed by atoms with Gasteiger partial charge in [-0.1, -0.05) is 18.2 Å². The molecule has 0 radical (unpaired) electrons. The van der Waals surface area contributed by atoms with Crippen LogP contribution in [0.4, 0.5) is 5.69 Å². The summed E-state index contributed by atoms with van der Waals surface area (Å²) >= 11 is 0. The van der Waals surface area contributed by atoms with Gasteiger partial charge in [0.2, 0.25) is 20.9 Å². The highest BCUT2D eigenvalue weighted by Gasteiger charge is 2.24. The summed E-state index contributed by atoms with van der Waals surface area (Å²) in [4.78, 5) is 18.2. The van der Waals surface area contributed by atoms with E-state index in [0.29, 0.717) is 6.54 Å². The third-order valence-corrected chi connectivity index (χ3v) is 4.73. The maximum Gasteiger partial charge on any atom is 0.247 e. The molecule has 0 aliphatic carbocycles. The second-order valence-corrected chi connectivity index (χ2v) is 7.30. The average molecular weight is 319 g/mol. The number of carbonyl (C=O) groups is 1. The molecule has 0 bridgehead atoms. The minimum atomic E-state index is -3.45. The summed E-state index contributed by atoms with van der Waals surface area (Å²) in [5.74, 6) is -0.130. The number of sulfone groups is 1. The van der Waals surface area contributed by atoms with Crippen LogP contribution in [0.5, 0.6) is 0 Å². The van der Waals surface area contributed by atoms with Crippen LogP contribution in [0, 0.1) is 0 Å². The lowest BCUT2D eigenvalue weighted by atomic mass is 10.0. The van der Waals surface area contributed by atoms with Crippen LogP contribution in [0.15, 0.2) is 41.8 Å². The standard InChI is InChI=1S/C15H17N3O3S/c1-22(20,21)15-16-8-10-17(15)11-14(19)18-9-4-6-12-5-2-3-7-13(12)18/h2-3,5,7-8,10H,4,6,9,11H2,1H3. The van der Waals surface area contributed by atoms with Gasteiger partial charge < -0.3 is 9.47 Å². The SMILES string of the molecule is CS(=O)(=O)c1nccn1CC(=O)N1CCCc2ccccc21. The Labute approximate surface area is 129 Å². The predicted octanol–water partition coefficient (Wildman–Crippen LogP) is 1.27. The Balaban J connectivity index is 1.87. The van der Waals surface area contributed by atoms with Gasteiger partial charge >= 0.3 is 0 Å². The van der Waals surface area contributed by atoms with E-state index in [1.807, 2.05) is 24.3 Å². The minimum Gasteiger partial charge on any atom is -0.313 e. The number of aryl methyl sites for hydroxylation is 1. The van der Waals surface area contributed by atoms with E-state index < -0.39 is 9.84 Å². The summed E-state index contributed by atoms with van der Waals surface area (Å²) in [7, 11) is -3.45. The van der Waals surface area contributed by atoms with Crippen molar-refractivity contribution in [2.75, 3.05) is 17.7 Å². The number of fused-ring (bicyclic) bond motifs is 1. The molecule has 0 atom stereocenters. The number of anilines is 1. The van der Waals surface area contributed by atoms with Crippen molar-refractivity contribution >= 4 is 21.4 Å². The number of imidazole rings is 1. The fourth-order valence-electron chi connectivity index (χ4n) is 2.77. The number of carbonyl (C=O) groups excluding carboxylic acids is 1. The number of benzene rings is 1. The summed E-state index contributed by atoms with van der Waals surface area (Å²) in [5.41, 5.74) is 2.07. The minimum absolute atomic E-state index is 0.0310. The third-order valence-electron chi connectivity index (χ3n) is 3.73. The first-order chi connectivity index (χ1) is 10.5. The second kappa shape index (κ2) is 5.57. The Morgan fingerprint density at radius 1 is 1.32 bits per heavy atom. The van der Waals surface area contributed by atoms with Gasteiger partial charge in [-0.25, -0.2) is 13.4 Å². The van der Waals surface area contributed by atoms with E-state index >= 15 is 0 Å². The molecule has 116 valence electrons. The van der Waals surface area contributed by atoms with Gasteiger partial charge in [0.15, 0.2) is 0 Å². The molecule has 1 aliphatic rings. The van der Waals surface area contributed by atoms with Crippen LogP contribution >= 0.6 is 0 Å². The molecule has 22 heavy (non-hydrogen) atoms. The van der Waals surface area contributed by atoms with Crippen LogP contribution in [-0.4, -0.2) is 36.7 Å². The molecule has 0 saturated heterocycles. The summed E-state index contributed by atoms with van der Waals surface area (Å²) in [5, 5.41) is -0.0776. The zero-order chi connectivity index (χ0) is 15.7. The molecule has 0 spiro atoms. The largest absolute Gasteiger partial charge is 0.313 e. The first kappa shape index (κ1) is 14.8. The molecule has 7 heteroatoms. The molecule has 0 saturated carbocycles. The van der Waals surface area contributed by atoms with Crippen molar-refractivity contribution in [1.82, 2.24) is 9.55 Å². The van der Waals surface area contributed by atoms with Crippen LogP contribution in [0.25, 0.3) is 0 Å². The highest BCUT2D eigenvalue weighted by atomic mass is 32.2. The van der Waals surface area contributed by atoms with E-state index in [4.69, 9.17) is 0 Å². The lowest BCUT2D eigenvalue weighted by Crippen LogP contribution is -2.38. The second-order valence-electron chi connectivity index (χ2n) is 5.39. The van der Waals surface area contributed by atoms with Crippen LogP contribution < -0.4 is 4.90 Å². The fraction of sp³-hybridized carbons (Fsp3) is 0.333. The third kappa shape index (κ3) is 2.76. The number of aromatic nitrogens is 2. The first-order valence-electron chi connectivity index (χ1n) is 7.06. The highest BCUT2D eigenvalue weighted by Crippen LogP contribution is 2.27. The van der Waals surface area contributed by atoms with E-state index in [1.54, 1.807) is 4.90 Å².